The molecule has 0 fully saturated rings. The van der Waals surface area contributed by atoms with Gasteiger partial charge in [0.2, 0.25) is 11.8 Å². The molecule has 1 rings (SSSR count). The highest BCUT2D eigenvalue weighted by Crippen LogP contribution is 2.12. The van der Waals surface area contributed by atoms with Gasteiger partial charge < -0.3 is 27.0 Å². The van der Waals surface area contributed by atoms with Gasteiger partial charge in [-0.25, -0.2) is 4.79 Å². The maximum atomic E-state index is 12.8. The second-order valence-corrected chi connectivity index (χ2v) is 7.04. The number of carbonyl (C=O) groups is 3. The van der Waals surface area contributed by atoms with Crippen LogP contribution in [-0.2, 0) is 16.0 Å². The molecule has 0 bridgehead atoms. The molecule has 4 amide bonds. The summed E-state index contributed by atoms with van der Waals surface area (Å²) in [5.41, 5.74) is 6.91. The Morgan fingerprint density at radius 3 is 2.21 bits per heavy atom. The summed E-state index contributed by atoms with van der Waals surface area (Å²) in [5.74, 6) is -0.455. The third-order valence-corrected chi connectivity index (χ3v) is 4.49. The van der Waals surface area contributed by atoms with Crippen molar-refractivity contribution >= 4 is 23.5 Å². The molecule has 0 aromatic heterocycles. The summed E-state index contributed by atoms with van der Waals surface area (Å²) >= 11 is 0. The SMILES string of the molecule is CCc1ccc(NC(=O)[C@H](CCCNC(N)=O)NC(=O)[C@@H](NC)C(C)C)cc1. The van der Waals surface area contributed by atoms with Crippen LogP contribution in [0, 0.1) is 5.92 Å². The third kappa shape index (κ3) is 7.96. The standard InChI is InChI=1S/C20H33N5O3/c1-5-14-8-10-15(11-9-14)24-18(26)16(7-6-12-23-20(21)28)25-19(27)17(22-4)13(2)3/h8-11,13,16-17,22H,5-7,12H2,1-4H3,(H,24,26)(H,25,27)(H3,21,23,28)/t16-,17-/m0/s1. The second kappa shape index (κ2) is 12.0. The van der Waals surface area contributed by atoms with E-state index in [1.807, 2.05) is 38.1 Å². The minimum absolute atomic E-state index is 0.0758. The smallest absolute Gasteiger partial charge is 0.312 e. The van der Waals surface area contributed by atoms with E-state index in [2.05, 4.69) is 28.2 Å². The van der Waals surface area contributed by atoms with Crippen LogP contribution in [0.5, 0.6) is 0 Å². The number of primary amides is 1. The molecule has 0 aliphatic carbocycles. The summed E-state index contributed by atoms with van der Waals surface area (Å²) in [6, 6.07) is 5.86. The van der Waals surface area contributed by atoms with Gasteiger partial charge in [0.15, 0.2) is 0 Å². The van der Waals surface area contributed by atoms with Crippen LogP contribution in [0.1, 0.15) is 39.2 Å². The quantitative estimate of drug-likeness (QED) is 0.365. The number of hydrogen-bond acceptors (Lipinski definition) is 4. The van der Waals surface area contributed by atoms with Gasteiger partial charge in [-0.05, 0) is 49.9 Å². The molecular weight excluding hydrogens is 358 g/mol. The van der Waals surface area contributed by atoms with Gasteiger partial charge in [0.05, 0.1) is 6.04 Å². The van der Waals surface area contributed by atoms with E-state index in [-0.39, 0.29) is 17.7 Å². The van der Waals surface area contributed by atoms with Crippen LogP contribution in [0.25, 0.3) is 0 Å². The Kier molecular flexibility index (Phi) is 10.0. The maximum Gasteiger partial charge on any atom is 0.312 e. The molecule has 0 unspecified atom stereocenters. The Balaban J connectivity index is 2.80. The normalized spacial score (nSPS) is 12.9. The first kappa shape index (κ1) is 23.4. The molecular formula is C20H33N5O3. The first-order valence-electron chi connectivity index (χ1n) is 9.69. The van der Waals surface area contributed by atoms with E-state index in [0.717, 1.165) is 6.42 Å². The minimum atomic E-state index is -0.720. The van der Waals surface area contributed by atoms with Crippen LogP contribution in [0.3, 0.4) is 0 Å². The lowest BCUT2D eigenvalue weighted by atomic mass is 10.0. The van der Waals surface area contributed by atoms with E-state index in [4.69, 9.17) is 5.73 Å². The van der Waals surface area contributed by atoms with Crippen LogP contribution < -0.4 is 27.0 Å². The van der Waals surface area contributed by atoms with Gasteiger partial charge in [-0.15, -0.1) is 0 Å². The van der Waals surface area contributed by atoms with E-state index in [0.29, 0.717) is 25.1 Å². The van der Waals surface area contributed by atoms with E-state index >= 15 is 0 Å². The van der Waals surface area contributed by atoms with Crippen molar-refractivity contribution in [3.63, 3.8) is 0 Å². The number of amides is 4. The molecule has 0 spiro atoms. The molecule has 2 atom stereocenters. The summed E-state index contributed by atoms with van der Waals surface area (Å²) in [5, 5.41) is 11.1. The van der Waals surface area contributed by atoms with Crippen molar-refractivity contribution in [2.24, 2.45) is 11.7 Å². The fourth-order valence-electron chi connectivity index (χ4n) is 2.87. The molecule has 1 aromatic rings. The Morgan fingerprint density at radius 1 is 1.07 bits per heavy atom. The highest BCUT2D eigenvalue weighted by molar-refractivity contribution is 5.97. The van der Waals surface area contributed by atoms with Crippen molar-refractivity contribution in [2.45, 2.75) is 52.1 Å². The zero-order valence-electron chi connectivity index (χ0n) is 17.2. The number of hydrogen-bond donors (Lipinski definition) is 5. The average Bonchev–Trinajstić information content (AvgIpc) is 2.64. The molecule has 0 saturated heterocycles. The molecule has 8 heteroatoms. The van der Waals surface area contributed by atoms with Crippen LogP contribution in [-0.4, -0.2) is 43.5 Å². The summed E-state index contributed by atoms with van der Waals surface area (Å²) < 4.78 is 0. The largest absolute Gasteiger partial charge is 0.352 e. The predicted octanol–water partition coefficient (Wildman–Crippen LogP) is 1.36. The van der Waals surface area contributed by atoms with E-state index in [9.17, 15) is 14.4 Å². The molecule has 28 heavy (non-hydrogen) atoms. The van der Waals surface area contributed by atoms with E-state index in [1.54, 1.807) is 7.05 Å². The number of nitrogens with one attached hydrogen (secondary N) is 4. The van der Waals surface area contributed by atoms with Crippen molar-refractivity contribution in [2.75, 3.05) is 18.9 Å². The fraction of sp³-hybridized carbons (Fsp3) is 0.550. The summed E-state index contributed by atoms with van der Waals surface area (Å²) in [7, 11) is 1.71. The van der Waals surface area contributed by atoms with Gasteiger partial charge in [0.25, 0.3) is 0 Å². The molecule has 8 nitrogen and oxygen atoms in total. The van der Waals surface area contributed by atoms with Crippen molar-refractivity contribution in [1.29, 1.82) is 0 Å². The average molecular weight is 392 g/mol. The minimum Gasteiger partial charge on any atom is -0.352 e. The molecule has 0 heterocycles. The molecule has 0 aliphatic rings. The number of nitrogens with two attached hydrogens (primary N) is 1. The first-order chi connectivity index (χ1) is 13.3. The molecule has 0 saturated carbocycles. The number of benzene rings is 1. The number of rotatable bonds is 11. The van der Waals surface area contributed by atoms with Crippen molar-refractivity contribution in [3.8, 4) is 0 Å². The van der Waals surface area contributed by atoms with Gasteiger partial charge in [-0.3, -0.25) is 9.59 Å². The number of anilines is 1. The molecule has 6 N–H and O–H groups in total. The third-order valence-electron chi connectivity index (χ3n) is 4.49. The molecule has 1 aromatic carbocycles. The monoisotopic (exact) mass is 391 g/mol. The summed E-state index contributed by atoms with van der Waals surface area (Å²) in [4.78, 5) is 36.1. The lowest BCUT2D eigenvalue weighted by Crippen LogP contribution is -2.52. The molecule has 0 aliphatic heterocycles. The number of aryl methyl sites for hydroxylation is 1. The van der Waals surface area contributed by atoms with Crippen LogP contribution in [0.15, 0.2) is 24.3 Å². The van der Waals surface area contributed by atoms with Gasteiger partial charge in [0, 0.05) is 12.2 Å². The lowest BCUT2D eigenvalue weighted by Gasteiger charge is -2.24. The first-order valence-corrected chi connectivity index (χ1v) is 9.69. The van der Waals surface area contributed by atoms with E-state index in [1.165, 1.54) is 5.56 Å². The lowest BCUT2D eigenvalue weighted by molar-refractivity contribution is -0.128. The van der Waals surface area contributed by atoms with Crippen LogP contribution >= 0.6 is 0 Å². The maximum absolute atomic E-state index is 12.8. The number of likely N-dealkylation sites (N-methyl/N-ethyl adjacent to an activating group) is 1. The second-order valence-electron chi connectivity index (χ2n) is 7.04. The Bertz CT molecular complexity index is 646. The Morgan fingerprint density at radius 2 is 1.71 bits per heavy atom. The predicted molar refractivity (Wildman–Crippen MR) is 111 cm³/mol. The van der Waals surface area contributed by atoms with Gasteiger partial charge in [-0.1, -0.05) is 32.9 Å². The van der Waals surface area contributed by atoms with Crippen molar-refractivity contribution in [3.05, 3.63) is 29.8 Å². The van der Waals surface area contributed by atoms with Gasteiger partial charge in [0.1, 0.15) is 6.04 Å². The van der Waals surface area contributed by atoms with Crippen LogP contribution in [0.4, 0.5) is 10.5 Å². The molecule has 0 radical (unpaired) electrons. The van der Waals surface area contributed by atoms with Crippen molar-refractivity contribution in [1.82, 2.24) is 16.0 Å². The zero-order valence-corrected chi connectivity index (χ0v) is 17.2. The summed E-state index contributed by atoms with van der Waals surface area (Å²) in [6.07, 6.45) is 1.79. The number of urea groups is 1. The highest BCUT2D eigenvalue weighted by Gasteiger charge is 2.26. The topological polar surface area (TPSA) is 125 Å². The van der Waals surface area contributed by atoms with Crippen molar-refractivity contribution < 1.29 is 14.4 Å². The Hall–Kier alpha value is -2.61. The van der Waals surface area contributed by atoms with E-state index < -0.39 is 18.1 Å². The van der Waals surface area contributed by atoms with Gasteiger partial charge >= 0.3 is 6.03 Å². The highest BCUT2D eigenvalue weighted by atomic mass is 16.2. The zero-order chi connectivity index (χ0) is 21.1. The van der Waals surface area contributed by atoms with Crippen LogP contribution in [0.2, 0.25) is 0 Å². The number of carbonyl (C=O) groups excluding carboxylic acids is 3. The van der Waals surface area contributed by atoms with Gasteiger partial charge in [-0.2, -0.15) is 0 Å². The summed E-state index contributed by atoms with van der Waals surface area (Å²) in [6.45, 7) is 6.26. The fourth-order valence-corrected chi connectivity index (χ4v) is 2.87. The Labute approximate surface area is 167 Å². The molecule has 156 valence electrons.